The molecule has 1 fully saturated rings. The Morgan fingerprint density at radius 1 is 1.70 bits per heavy atom. The van der Waals surface area contributed by atoms with Crippen molar-refractivity contribution in [3.05, 3.63) is 0 Å². The SMILES string of the molecule is CC1(C)COC(CI)CN1. The molecule has 1 saturated heterocycles. The van der Waals surface area contributed by atoms with Crippen LogP contribution in [-0.4, -0.2) is 29.2 Å². The fourth-order valence-electron chi connectivity index (χ4n) is 0.925. The first kappa shape index (κ1) is 8.74. The highest BCUT2D eigenvalue weighted by atomic mass is 127. The molecule has 1 aliphatic heterocycles. The van der Waals surface area contributed by atoms with E-state index in [9.17, 15) is 0 Å². The van der Waals surface area contributed by atoms with E-state index in [1.165, 1.54) is 0 Å². The first-order valence-corrected chi connectivity index (χ1v) is 5.09. The van der Waals surface area contributed by atoms with E-state index in [4.69, 9.17) is 4.74 Å². The second-order valence-corrected chi connectivity index (χ2v) is 4.23. The van der Waals surface area contributed by atoms with Crippen molar-refractivity contribution in [1.82, 2.24) is 5.32 Å². The lowest BCUT2D eigenvalue weighted by Crippen LogP contribution is -2.53. The molecule has 0 radical (unpaired) electrons. The van der Waals surface area contributed by atoms with Gasteiger partial charge in [0, 0.05) is 16.5 Å². The van der Waals surface area contributed by atoms with Crippen LogP contribution in [0, 0.1) is 0 Å². The molecular formula is C7H14INO. The summed E-state index contributed by atoms with van der Waals surface area (Å²) in [6, 6.07) is 0. The lowest BCUT2D eigenvalue weighted by Gasteiger charge is -2.35. The Morgan fingerprint density at radius 2 is 2.40 bits per heavy atom. The number of nitrogens with one attached hydrogen (secondary N) is 1. The highest BCUT2D eigenvalue weighted by Crippen LogP contribution is 2.11. The molecule has 1 unspecified atom stereocenters. The molecule has 1 N–H and O–H groups in total. The van der Waals surface area contributed by atoms with Crippen molar-refractivity contribution in [2.45, 2.75) is 25.5 Å². The monoisotopic (exact) mass is 255 g/mol. The minimum Gasteiger partial charge on any atom is -0.374 e. The summed E-state index contributed by atoms with van der Waals surface area (Å²) in [5, 5.41) is 3.43. The molecule has 0 aromatic heterocycles. The summed E-state index contributed by atoms with van der Waals surface area (Å²) in [7, 11) is 0. The minimum absolute atomic E-state index is 0.183. The second kappa shape index (κ2) is 3.36. The number of ether oxygens (including phenoxy) is 1. The summed E-state index contributed by atoms with van der Waals surface area (Å²) in [5.74, 6) is 0. The largest absolute Gasteiger partial charge is 0.374 e. The molecule has 0 saturated carbocycles. The molecule has 2 nitrogen and oxygen atoms in total. The fraction of sp³-hybridized carbons (Fsp3) is 1.00. The zero-order valence-electron chi connectivity index (χ0n) is 6.48. The third-order valence-corrected chi connectivity index (χ3v) is 2.64. The predicted octanol–water partition coefficient (Wildman–Crippen LogP) is 1.19. The molecule has 1 atom stereocenters. The molecule has 1 rings (SSSR count). The van der Waals surface area contributed by atoms with Crippen LogP contribution in [0.15, 0.2) is 0 Å². The van der Waals surface area contributed by atoms with Crippen LogP contribution in [0.5, 0.6) is 0 Å². The molecule has 1 aliphatic rings. The fourth-order valence-corrected chi connectivity index (χ4v) is 1.49. The van der Waals surface area contributed by atoms with Gasteiger partial charge in [-0.05, 0) is 13.8 Å². The Hall–Kier alpha value is 0.650. The van der Waals surface area contributed by atoms with Gasteiger partial charge in [-0.3, -0.25) is 0 Å². The van der Waals surface area contributed by atoms with Gasteiger partial charge in [-0.25, -0.2) is 0 Å². The van der Waals surface area contributed by atoms with Gasteiger partial charge in [0.05, 0.1) is 12.7 Å². The molecule has 60 valence electrons. The van der Waals surface area contributed by atoms with Crippen LogP contribution in [-0.2, 0) is 4.74 Å². The van der Waals surface area contributed by atoms with E-state index in [0.717, 1.165) is 17.6 Å². The van der Waals surface area contributed by atoms with Crippen LogP contribution < -0.4 is 5.32 Å². The zero-order chi connectivity index (χ0) is 7.61. The molecule has 3 heteroatoms. The van der Waals surface area contributed by atoms with Gasteiger partial charge < -0.3 is 10.1 Å². The Kier molecular flexibility index (Phi) is 2.94. The van der Waals surface area contributed by atoms with Crippen molar-refractivity contribution in [1.29, 1.82) is 0 Å². The van der Waals surface area contributed by atoms with Gasteiger partial charge in [0.25, 0.3) is 0 Å². The van der Waals surface area contributed by atoms with Crippen LogP contribution in [0.4, 0.5) is 0 Å². The van der Waals surface area contributed by atoms with Gasteiger partial charge in [-0.2, -0.15) is 0 Å². The Morgan fingerprint density at radius 3 is 2.80 bits per heavy atom. The molecule has 0 aliphatic carbocycles. The third-order valence-electron chi connectivity index (χ3n) is 1.66. The van der Waals surface area contributed by atoms with E-state index in [1.807, 2.05) is 0 Å². The summed E-state index contributed by atoms with van der Waals surface area (Å²) in [6.45, 7) is 6.16. The van der Waals surface area contributed by atoms with Crippen molar-refractivity contribution >= 4 is 22.6 Å². The lowest BCUT2D eigenvalue weighted by atomic mass is 10.1. The molecule has 0 amide bonds. The van der Waals surface area contributed by atoms with Crippen LogP contribution in [0.2, 0.25) is 0 Å². The highest BCUT2D eigenvalue weighted by molar-refractivity contribution is 14.1. The number of halogens is 1. The second-order valence-electron chi connectivity index (χ2n) is 3.35. The number of morpholine rings is 1. The van der Waals surface area contributed by atoms with Crippen LogP contribution in [0.1, 0.15) is 13.8 Å². The van der Waals surface area contributed by atoms with Crippen molar-refractivity contribution < 1.29 is 4.74 Å². The third kappa shape index (κ3) is 2.36. The highest BCUT2D eigenvalue weighted by Gasteiger charge is 2.25. The molecule has 1 heterocycles. The van der Waals surface area contributed by atoms with Crippen molar-refractivity contribution in [3.63, 3.8) is 0 Å². The summed E-state index contributed by atoms with van der Waals surface area (Å²) in [4.78, 5) is 0. The summed E-state index contributed by atoms with van der Waals surface area (Å²) in [6.07, 6.45) is 0.425. The average Bonchev–Trinajstić information content (AvgIpc) is 1.88. The average molecular weight is 255 g/mol. The number of hydrogen-bond donors (Lipinski definition) is 1. The lowest BCUT2D eigenvalue weighted by molar-refractivity contribution is -0.00742. The Balaban J connectivity index is 2.31. The van der Waals surface area contributed by atoms with Crippen LogP contribution >= 0.6 is 22.6 Å². The zero-order valence-corrected chi connectivity index (χ0v) is 8.64. The first-order chi connectivity index (χ1) is 4.64. The molecule has 0 aromatic rings. The maximum absolute atomic E-state index is 5.57. The number of hydrogen-bond acceptors (Lipinski definition) is 2. The van der Waals surface area contributed by atoms with E-state index < -0.39 is 0 Å². The molecular weight excluding hydrogens is 241 g/mol. The van der Waals surface area contributed by atoms with E-state index in [1.54, 1.807) is 0 Å². The van der Waals surface area contributed by atoms with E-state index in [2.05, 4.69) is 41.8 Å². The van der Waals surface area contributed by atoms with Gasteiger partial charge in [0.1, 0.15) is 0 Å². The van der Waals surface area contributed by atoms with Gasteiger partial charge in [0.15, 0.2) is 0 Å². The quantitative estimate of drug-likeness (QED) is 0.561. The number of rotatable bonds is 1. The minimum atomic E-state index is 0.183. The van der Waals surface area contributed by atoms with Gasteiger partial charge in [-0.15, -0.1) is 0 Å². The summed E-state index contributed by atoms with van der Waals surface area (Å²) >= 11 is 2.35. The Bertz CT molecular complexity index is 106. The van der Waals surface area contributed by atoms with Crippen molar-refractivity contribution in [3.8, 4) is 0 Å². The van der Waals surface area contributed by atoms with Crippen LogP contribution in [0.3, 0.4) is 0 Å². The van der Waals surface area contributed by atoms with E-state index in [0.29, 0.717) is 6.10 Å². The van der Waals surface area contributed by atoms with Gasteiger partial charge in [-0.1, -0.05) is 22.6 Å². The maximum Gasteiger partial charge on any atom is 0.0789 e. The number of alkyl halides is 1. The van der Waals surface area contributed by atoms with E-state index >= 15 is 0 Å². The standard InChI is InChI=1S/C7H14INO/c1-7(2)5-10-6(3-8)4-9-7/h6,9H,3-5H2,1-2H3. The maximum atomic E-state index is 5.57. The van der Waals surface area contributed by atoms with E-state index in [-0.39, 0.29) is 5.54 Å². The molecule has 10 heavy (non-hydrogen) atoms. The van der Waals surface area contributed by atoms with Gasteiger partial charge >= 0.3 is 0 Å². The predicted molar refractivity (Wildman–Crippen MR) is 50.7 cm³/mol. The molecule has 0 bridgehead atoms. The van der Waals surface area contributed by atoms with Crippen molar-refractivity contribution in [2.24, 2.45) is 0 Å². The normalized spacial score (nSPS) is 32.1. The van der Waals surface area contributed by atoms with Crippen molar-refractivity contribution in [2.75, 3.05) is 17.6 Å². The summed E-state index contributed by atoms with van der Waals surface area (Å²) in [5.41, 5.74) is 0.183. The topological polar surface area (TPSA) is 21.3 Å². The van der Waals surface area contributed by atoms with Gasteiger partial charge in [0.2, 0.25) is 0 Å². The molecule has 0 aromatic carbocycles. The van der Waals surface area contributed by atoms with Crippen LogP contribution in [0.25, 0.3) is 0 Å². The smallest absolute Gasteiger partial charge is 0.0789 e. The summed E-state index contributed by atoms with van der Waals surface area (Å²) < 4.78 is 6.66. The Labute approximate surface area is 75.8 Å². The first-order valence-electron chi connectivity index (χ1n) is 3.57. The molecule has 0 spiro atoms.